The zero-order valence-corrected chi connectivity index (χ0v) is 17.3. The molecule has 2 aromatic carbocycles. The van der Waals surface area contributed by atoms with Crippen LogP contribution in [0.15, 0.2) is 47.6 Å². The van der Waals surface area contributed by atoms with Gasteiger partial charge in [0.15, 0.2) is 5.84 Å². The van der Waals surface area contributed by atoms with Crippen molar-refractivity contribution < 1.29 is 4.79 Å². The van der Waals surface area contributed by atoms with E-state index in [1.807, 2.05) is 36.1 Å². The molecule has 1 aliphatic rings. The molecule has 0 bridgehead atoms. The van der Waals surface area contributed by atoms with E-state index >= 15 is 0 Å². The summed E-state index contributed by atoms with van der Waals surface area (Å²) in [7, 11) is 0. The van der Waals surface area contributed by atoms with E-state index in [-0.39, 0.29) is 11.6 Å². The lowest BCUT2D eigenvalue weighted by molar-refractivity contribution is 0.0747. The lowest BCUT2D eigenvalue weighted by Crippen LogP contribution is -2.49. The van der Waals surface area contributed by atoms with Gasteiger partial charge in [-0.2, -0.15) is 10.4 Å². The Morgan fingerprint density at radius 2 is 1.87 bits per heavy atom. The second-order valence-electron chi connectivity index (χ2n) is 6.88. The number of amides is 1. The lowest BCUT2D eigenvalue weighted by atomic mass is 10.1. The highest BCUT2D eigenvalue weighted by Gasteiger charge is 2.25. The van der Waals surface area contributed by atoms with Crippen LogP contribution in [0, 0.1) is 23.7 Å². The maximum Gasteiger partial charge on any atom is 0.253 e. The summed E-state index contributed by atoms with van der Waals surface area (Å²) in [6.07, 6.45) is 0. The van der Waals surface area contributed by atoms with E-state index in [1.54, 1.807) is 24.3 Å². The van der Waals surface area contributed by atoms with Crippen molar-refractivity contribution in [3.63, 3.8) is 0 Å². The van der Waals surface area contributed by atoms with Gasteiger partial charge in [0.05, 0.1) is 16.4 Å². The van der Waals surface area contributed by atoms with Crippen molar-refractivity contribution in [2.24, 2.45) is 10.8 Å². The molecule has 0 atom stereocenters. The first-order valence-electron chi connectivity index (χ1n) is 9.38. The molecular formula is C21H22ClN7O. The number of amidine groups is 1. The van der Waals surface area contributed by atoms with Crippen LogP contribution in [0.2, 0.25) is 5.02 Å². The van der Waals surface area contributed by atoms with E-state index in [4.69, 9.17) is 28.0 Å². The number of nitrogens with one attached hydrogen (secondary N) is 2. The molecule has 4 N–H and O–H groups in total. The summed E-state index contributed by atoms with van der Waals surface area (Å²) in [5, 5.41) is 20.8. The number of nitrogens with zero attached hydrogens (tertiary/aromatic N) is 4. The number of hydrogen-bond acceptors (Lipinski definition) is 6. The summed E-state index contributed by atoms with van der Waals surface area (Å²) < 4.78 is 0. The Bertz CT molecular complexity index is 1020. The van der Waals surface area contributed by atoms with Crippen LogP contribution in [-0.2, 0) is 0 Å². The van der Waals surface area contributed by atoms with Gasteiger partial charge in [-0.25, -0.2) is 0 Å². The molecule has 0 unspecified atom stereocenters. The standard InChI is InChI=1S/C21H22ClN7O/c1-14-5-7-15(8-6-14)21(30)29-11-9-28(10-12-29)19-16(22)3-2-4-17(19)26-27-18(13-23)20(24)25/h2-8,26H,9-12H2,1H3,(H3,24,25)/b27-18+. The van der Waals surface area contributed by atoms with Gasteiger partial charge in [0, 0.05) is 31.7 Å². The van der Waals surface area contributed by atoms with Crippen LogP contribution in [0.4, 0.5) is 11.4 Å². The van der Waals surface area contributed by atoms with Crippen LogP contribution >= 0.6 is 11.6 Å². The lowest BCUT2D eigenvalue weighted by Gasteiger charge is -2.37. The van der Waals surface area contributed by atoms with Crippen molar-refractivity contribution in [3.05, 3.63) is 58.6 Å². The van der Waals surface area contributed by atoms with Gasteiger partial charge in [-0.3, -0.25) is 15.6 Å². The maximum absolute atomic E-state index is 12.8. The fourth-order valence-corrected chi connectivity index (χ4v) is 3.49. The van der Waals surface area contributed by atoms with Crippen molar-refractivity contribution in [1.29, 1.82) is 10.7 Å². The van der Waals surface area contributed by atoms with E-state index < -0.39 is 5.84 Å². The Kier molecular flexibility index (Phi) is 6.54. The second-order valence-corrected chi connectivity index (χ2v) is 7.29. The summed E-state index contributed by atoms with van der Waals surface area (Å²) in [6, 6.07) is 14.6. The third-order valence-electron chi connectivity index (χ3n) is 4.82. The highest BCUT2D eigenvalue weighted by molar-refractivity contribution is 6.45. The molecule has 1 fully saturated rings. The molecule has 1 saturated heterocycles. The number of hydrogen-bond donors (Lipinski definition) is 3. The Morgan fingerprint density at radius 1 is 1.20 bits per heavy atom. The predicted molar refractivity (Wildman–Crippen MR) is 119 cm³/mol. The summed E-state index contributed by atoms with van der Waals surface area (Å²) in [4.78, 5) is 16.6. The Morgan fingerprint density at radius 3 is 2.47 bits per heavy atom. The highest BCUT2D eigenvalue weighted by atomic mass is 35.5. The number of nitrogens with two attached hydrogens (primary N) is 1. The van der Waals surface area contributed by atoms with Crippen molar-refractivity contribution in [3.8, 4) is 6.07 Å². The minimum atomic E-state index is -0.420. The fourth-order valence-electron chi connectivity index (χ4n) is 3.20. The molecule has 1 amide bonds. The first-order chi connectivity index (χ1) is 14.4. The number of benzene rings is 2. The molecule has 3 rings (SSSR count). The molecule has 1 aliphatic heterocycles. The molecule has 30 heavy (non-hydrogen) atoms. The Labute approximate surface area is 180 Å². The number of aryl methyl sites for hydroxylation is 1. The van der Waals surface area contributed by atoms with E-state index in [1.165, 1.54) is 0 Å². The molecule has 0 aliphatic carbocycles. The largest absolute Gasteiger partial charge is 0.382 e. The first-order valence-corrected chi connectivity index (χ1v) is 9.76. The quantitative estimate of drug-likeness (QED) is 0.388. The summed E-state index contributed by atoms with van der Waals surface area (Å²) >= 11 is 6.44. The van der Waals surface area contributed by atoms with E-state index in [9.17, 15) is 4.79 Å². The van der Waals surface area contributed by atoms with Gasteiger partial charge in [-0.1, -0.05) is 35.4 Å². The van der Waals surface area contributed by atoms with Crippen molar-refractivity contribution in [2.45, 2.75) is 6.92 Å². The van der Waals surface area contributed by atoms with Crippen LogP contribution in [-0.4, -0.2) is 48.5 Å². The first kappa shape index (κ1) is 21.1. The van der Waals surface area contributed by atoms with Crippen LogP contribution in [0.5, 0.6) is 0 Å². The fraction of sp³-hybridized carbons (Fsp3) is 0.238. The average molecular weight is 424 g/mol. The molecule has 0 aromatic heterocycles. The molecule has 1 heterocycles. The number of piperazine rings is 1. The third kappa shape index (κ3) is 4.70. The molecule has 0 saturated carbocycles. The Hall–Kier alpha value is -3.57. The molecule has 2 aromatic rings. The summed E-state index contributed by atoms with van der Waals surface area (Å²) in [6.45, 7) is 4.28. The van der Waals surface area contributed by atoms with Gasteiger partial charge in [0.25, 0.3) is 5.91 Å². The molecule has 154 valence electrons. The third-order valence-corrected chi connectivity index (χ3v) is 5.12. The minimum Gasteiger partial charge on any atom is -0.382 e. The van der Waals surface area contributed by atoms with Gasteiger partial charge in [0.1, 0.15) is 6.07 Å². The molecule has 0 spiro atoms. The van der Waals surface area contributed by atoms with Gasteiger partial charge in [0.2, 0.25) is 5.71 Å². The van der Waals surface area contributed by atoms with Crippen molar-refractivity contribution >= 4 is 40.4 Å². The zero-order valence-electron chi connectivity index (χ0n) is 16.5. The van der Waals surface area contributed by atoms with Crippen molar-refractivity contribution in [1.82, 2.24) is 4.90 Å². The molecule has 9 heteroatoms. The van der Waals surface area contributed by atoms with Gasteiger partial charge in [-0.05, 0) is 31.2 Å². The topological polar surface area (TPSA) is 122 Å². The summed E-state index contributed by atoms with van der Waals surface area (Å²) in [5.74, 6) is -0.409. The number of anilines is 2. The van der Waals surface area contributed by atoms with Gasteiger partial charge >= 0.3 is 0 Å². The molecule has 8 nitrogen and oxygen atoms in total. The van der Waals surface area contributed by atoms with E-state index in [0.717, 1.165) is 11.3 Å². The predicted octanol–water partition coefficient (Wildman–Crippen LogP) is 2.84. The number of rotatable bonds is 5. The van der Waals surface area contributed by atoms with Crippen LogP contribution < -0.4 is 16.1 Å². The minimum absolute atomic E-state index is 0.0110. The Balaban J connectivity index is 1.74. The number of nitriles is 1. The normalized spacial score (nSPS) is 14.2. The monoisotopic (exact) mass is 423 g/mol. The number of para-hydroxylation sites is 1. The summed E-state index contributed by atoms with van der Waals surface area (Å²) in [5.41, 5.74) is 11.0. The number of carbonyl (C=O) groups excluding carboxylic acids is 1. The number of hydrazone groups is 1. The van der Waals surface area contributed by atoms with Crippen molar-refractivity contribution in [2.75, 3.05) is 36.5 Å². The second kappa shape index (κ2) is 9.29. The number of halogens is 1. The SMILES string of the molecule is Cc1ccc(C(=O)N2CCN(c3c(Cl)cccc3N/N=C(\C#N)C(=N)N)CC2)cc1. The van der Waals surface area contributed by atoms with Crippen LogP contribution in [0.25, 0.3) is 0 Å². The van der Waals surface area contributed by atoms with Gasteiger partial charge < -0.3 is 15.5 Å². The maximum atomic E-state index is 12.8. The van der Waals surface area contributed by atoms with E-state index in [2.05, 4.69) is 15.4 Å². The zero-order chi connectivity index (χ0) is 21.7. The molecule has 0 radical (unpaired) electrons. The molecular weight excluding hydrogens is 402 g/mol. The smallest absolute Gasteiger partial charge is 0.253 e. The average Bonchev–Trinajstić information content (AvgIpc) is 2.74. The number of carbonyl (C=O) groups is 1. The van der Waals surface area contributed by atoms with Crippen LogP contribution in [0.1, 0.15) is 15.9 Å². The highest BCUT2D eigenvalue weighted by Crippen LogP contribution is 2.34. The van der Waals surface area contributed by atoms with Crippen LogP contribution in [0.3, 0.4) is 0 Å². The van der Waals surface area contributed by atoms with E-state index in [0.29, 0.717) is 42.5 Å². The van der Waals surface area contributed by atoms with Gasteiger partial charge in [-0.15, -0.1) is 0 Å².